The first kappa shape index (κ1) is 11.3. The SMILES string of the molecule is Cc1cccc(C(=O)C2CNCC2C)c1C. The molecule has 1 aromatic carbocycles. The fraction of sp³-hybridized carbons (Fsp3) is 0.500. The van der Waals surface area contributed by atoms with Crippen LogP contribution in [0.15, 0.2) is 18.2 Å². The van der Waals surface area contributed by atoms with Gasteiger partial charge in [-0.1, -0.05) is 25.1 Å². The molecule has 0 aliphatic carbocycles. The molecular weight excluding hydrogens is 198 g/mol. The third kappa shape index (κ3) is 1.90. The van der Waals surface area contributed by atoms with Crippen LogP contribution in [0.3, 0.4) is 0 Å². The molecule has 1 fully saturated rings. The summed E-state index contributed by atoms with van der Waals surface area (Å²) in [6, 6.07) is 5.99. The van der Waals surface area contributed by atoms with Crippen molar-refractivity contribution in [2.75, 3.05) is 13.1 Å². The molecule has 0 spiro atoms. The lowest BCUT2D eigenvalue weighted by atomic mass is 9.87. The summed E-state index contributed by atoms with van der Waals surface area (Å²) in [7, 11) is 0. The standard InChI is InChI=1S/C14H19NO/c1-9-5-4-6-12(11(9)3)14(16)13-8-15-7-10(13)2/h4-6,10,13,15H,7-8H2,1-3H3. The Kier molecular flexibility index (Phi) is 3.10. The van der Waals surface area contributed by atoms with Gasteiger partial charge in [-0.25, -0.2) is 0 Å². The quantitative estimate of drug-likeness (QED) is 0.770. The van der Waals surface area contributed by atoms with E-state index in [0.717, 1.165) is 24.2 Å². The molecule has 1 aliphatic rings. The molecule has 2 nitrogen and oxygen atoms in total. The molecule has 0 amide bonds. The summed E-state index contributed by atoms with van der Waals surface area (Å²) in [6.45, 7) is 8.03. The van der Waals surface area contributed by atoms with Crippen LogP contribution in [-0.2, 0) is 0 Å². The summed E-state index contributed by atoms with van der Waals surface area (Å²) in [5.74, 6) is 0.909. The molecule has 0 radical (unpaired) electrons. The van der Waals surface area contributed by atoms with Gasteiger partial charge < -0.3 is 5.32 Å². The lowest BCUT2D eigenvalue weighted by Crippen LogP contribution is -2.22. The number of Topliss-reactive ketones (excluding diaryl/α,β-unsaturated/α-hetero) is 1. The van der Waals surface area contributed by atoms with E-state index in [1.54, 1.807) is 0 Å². The number of carbonyl (C=O) groups is 1. The monoisotopic (exact) mass is 217 g/mol. The van der Waals surface area contributed by atoms with E-state index >= 15 is 0 Å². The van der Waals surface area contributed by atoms with Crippen molar-refractivity contribution >= 4 is 5.78 Å². The number of hydrogen-bond acceptors (Lipinski definition) is 2. The molecule has 1 saturated heterocycles. The Bertz CT molecular complexity index is 411. The molecule has 1 aliphatic heterocycles. The fourth-order valence-electron chi connectivity index (χ4n) is 2.38. The minimum absolute atomic E-state index is 0.153. The van der Waals surface area contributed by atoms with Gasteiger partial charge in [-0.2, -0.15) is 0 Å². The van der Waals surface area contributed by atoms with E-state index < -0.39 is 0 Å². The number of ketones is 1. The summed E-state index contributed by atoms with van der Waals surface area (Å²) in [4.78, 5) is 12.4. The van der Waals surface area contributed by atoms with Crippen LogP contribution in [0.1, 0.15) is 28.4 Å². The largest absolute Gasteiger partial charge is 0.316 e. The molecule has 2 rings (SSSR count). The summed E-state index contributed by atoms with van der Waals surface area (Å²) in [5, 5.41) is 3.29. The number of aryl methyl sites for hydroxylation is 1. The molecule has 2 heteroatoms. The Morgan fingerprint density at radius 2 is 2.06 bits per heavy atom. The Morgan fingerprint density at radius 3 is 2.69 bits per heavy atom. The number of rotatable bonds is 2. The highest BCUT2D eigenvalue weighted by molar-refractivity contribution is 5.99. The Hall–Kier alpha value is -1.15. The molecule has 16 heavy (non-hydrogen) atoms. The van der Waals surface area contributed by atoms with Crippen LogP contribution >= 0.6 is 0 Å². The summed E-state index contributed by atoms with van der Waals surface area (Å²) >= 11 is 0. The van der Waals surface area contributed by atoms with Gasteiger partial charge >= 0.3 is 0 Å². The highest BCUT2D eigenvalue weighted by Crippen LogP contribution is 2.23. The summed E-state index contributed by atoms with van der Waals surface area (Å²) in [5.41, 5.74) is 3.23. The summed E-state index contributed by atoms with van der Waals surface area (Å²) < 4.78 is 0. The van der Waals surface area contributed by atoms with Crippen molar-refractivity contribution in [3.63, 3.8) is 0 Å². The predicted molar refractivity (Wildman–Crippen MR) is 65.8 cm³/mol. The Labute approximate surface area is 97.1 Å². The molecular formula is C14H19NO. The molecule has 86 valence electrons. The van der Waals surface area contributed by atoms with Gasteiger partial charge in [0, 0.05) is 18.0 Å². The van der Waals surface area contributed by atoms with Gasteiger partial charge in [0.25, 0.3) is 0 Å². The first-order valence-electron chi connectivity index (χ1n) is 5.92. The second kappa shape index (κ2) is 4.38. The van der Waals surface area contributed by atoms with Crippen molar-refractivity contribution in [2.45, 2.75) is 20.8 Å². The average Bonchev–Trinajstić information content (AvgIpc) is 2.68. The van der Waals surface area contributed by atoms with Crippen LogP contribution in [0.2, 0.25) is 0 Å². The van der Waals surface area contributed by atoms with Gasteiger partial charge in [0.1, 0.15) is 0 Å². The van der Waals surface area contributed by atoms with Gasteiger partial charge in [0.05, 0.1) is 0 Å². The Balaban J connectivity index is 2.30. The molecule has 1 aromatic rings. The van der Waals surface area contributed by atoms with E-state index in [4.69, 9.17) is 0 Å². The number of nitrogens with one attached hydrogen (secondary N) is 1. The highest BCUT2D eigenvalue weighted by Gasteiger charge is 2.30. The molecule has 0 bridgehead atoms. The molecule has 0 saturated carbocycles. The second-order valence-corrected chi connectivity index (χ2v) is 4.85. The van der Waals surface area contributed by atoms with Crippen molar-refractivity contribution in [2.24, 2.45) is 11.8 Å². The maximum atomic E-state index is 12.4. The summed E-state index contributed by atoms with van der Waals surface area (Å²) in [6.07, 6.45) is 0. The zero-order valence-electron chi connectivity index (χ0n) is 10.2. The molecule has 2 atom stereocenters. The number of carbonyl (C=O) groups excluding carboxylic acids is 1. The maximum Gasteiger partial charge on any atom is 0.167 e. The molecule has 1 heterocycles. The third-order valence-corrected chi connectivity index (χ3v) is 3.72. The van der Waals surface area contributed by atoms with Gasteiger partial charge in [-0.05, 0) is 37.4 Å². The minimum Gasteiger partial charge on any atom is -0.316 e. The lowest BCUT2D eigenvalue weighted by Gasteiger charge is -2.15. The molecule has 1 N–H and O–H groups in total. The van der Waals surface area contributed by atoms with Crippen LogP contribution in [-0.4, -0.2) is 18.9 Å². The zero-order valence-corrected chi connectivity index (χ0v) is 10.2. The van der Waals surface area contributed by atoms with Crippen LogP contribution < -0.4 is 5.32 Å². The van der Waals surface area contributed by atoms with E-state index in [2.05, 4.69) is 25.2 Å². The number of hydrogen-bond donors (Lipinski definition) is 1. The van der Waals surface area contributed by atoms with Crippen LogP contribution in [0.4, 0.5) is 0 Å². The van der Waals surface area contributed by atoms with Gasteiger partial charge in [-0.15, -0.1) is 0 Å². The molecule has 0 aromatic heterocycles. The topological polar surface area (TPSA) is 29.1 Å². The fourth-order valence-corrected chi connectivity index (χ4v) is 2.38. The van der Waals surface area contributed by atoms with Crippen molar-refractivity contribution < 1.29 is 4.79 Å². The van der Waals surface area contributed by atoms with E-state index in [1.165, 1.54) is 5.56 Å². The van der Waals surface area contributed by atoms with Crippen LogP contribution in [0.25, 0.3) is 0 Å². The van der Waals surface area contributed by atoms with E-state index in [9.17, 15) is 4.79 Å². The van der Waals surface area contributed by atoms with Crippen molar-refractivity contribution in [3.8, 4) is 0 Å². The third-order valence-electron chi connectivity index (χ3n) is 3.72. The zero-order chi connectivity index (χ0) is 11.7. The predicted octanol–water partition coefficient (Wildman–Crippen LogP) is 2.34. The Morgan fingerprint density at radius 1 is 1.31 bits per heavy atom. The highest BCUT2D eigenvalue weighted by atomic mass is 16.1. The normalized spacial score (nSPS) is 24.7. The first-order chi connectivity index (χ1) is 7.61. The van der Waals surface area contributed by atoms with Crippen LogP contribution in [0.5, 0.6) is 0 Å². The van der Waals surface area contributed by atoms with Crippen LogP contribution in [0, 0.1) is 25.7 Å². The second-order valence-electron chi connectivity index (χ2n) is 4.85. The number of benzene rings is 1. The van der Waals surface area contributed by atoms with E-state index in [-0.39, 0.29) is 5.92 Å². The van der Waals surface area contributed by atoms with Gasteiger partial charge in [-0.3, -0.25) is 4.79 Å². The van der Waals surface area contributed by atoms with Gasteiger partial charge in [0.15, 0.2) is 5.78 Å². The smallest absolute Gasteiger partial charge is 0.167 e. The van der Waals surface area contributed by atoms with Gasteiger partial charge in [0.2, 0.25) is 0 Å². The lowest BCUT2D eigenvalue weighted by molar-refractivity contribution is 0.0907. The maximum absolute atomic E-state index is 12.4. The first-order valence-corrected chi connectivity index (χ1v) is 5.92. The minimum atomic E-state index is 0.153. The van der Waals surface area contributed by atoms with Crippen molar-refractivity contribution in [3.05, 3.63) is 34.9 Å². The van der Waals surface area contributed by atoms with Crippen molar-refractivity contribution in [1.82, 2.24) is 5.32 Å². The van der Waals surface area contributed by atoms with E-state index in [0.29, 0.717) is 11.7 Å². The average molecular weight is 217 g/mol. The molecule has 2 unspecified atom stereocenters. The van der Waals surface area contributed by atoms with Crippen molar-refractivity contribution in [1.29, 1.82) is 0 Å². The van der Waals surface area contributed by atoms with E-state index in [1.807, 2.05) is 19.1 Å².